The highest BCUT2D eigenvalue weighted by atomic mass is 16.1. The van der Waals surface area contributed by atoms with Gasteiger partial charge in [0.1, 0.15) is 5.69 Å². The largest absolute Gasteiger partial charge is 0.356 e. The molecule has 128 valence electrons. The molecule has 0 saturated carbocycles. The quantitative estimate of drug-likeness (QED) is 0.743. The minimum absolute atomic E-state index is 0.0703. The van der Waals surface area contributed by atoms with Gasteiger partial charge in [-0.15, -0.1) is 20.4 Å². The molecule has 0 fully saturated rings. The smallest absolute Gasteiger partial charge is 0.224 e. The van der Waals surface area contributed by atoms with Gasteiger partial charge in [0.2, 0.25) is 17.6 Å². The minimum atomic E-state index is -0.0703. The zero-order valence-corrected chi connectivity index (χ0v) is 14.1. The number of pyridine rings is 1. The molecule has 0 bridgehead atoms. The molecule has 1 unspecified atom stereocenters. The van der Waals surface area contributed by atoms with Gasteiger partial charge in [-0.3, -0.25) is 14.8 Å². The van der Waals surface area contributed by atoms with Crippen LogP contribution in [-0.4, -0.2) is 50.1 Å². The first kappa shape index (κ1) is 15.7. The van der Waals surface area contributed by atoms with Crippen molar-refractivity contribution in [2.24, 2.45) is 10.9 Å². The molecule has 1 atom stereocenters. The molecule has 0 aromatic carbocycles. The van der Waals surface area contributed by atoms with Crippen LogP contribution in [-0.2, 0) is 11.2 Å². The van der Waals surface area contributed by atoms with Crippen LogP contribution in [0.1, 0.15) is 43.1 Å². The van der Waals surface area contributed by atoms with E-state index in [1.54, 1.807) is 6.20 Å². The predicted molar refractivity (Wildman–Crippen MR) is 91.1 cm³/mol. The van der Waals surface area contributed by atoms with Crippen molar-refractivity contribution < 1.29 is 4.79 Å². The lowest BCUT2D eigenvalue weighted by Gasteiger charge is -2.19. The Balaban J connectivity index is 1.44. The molecule has 1 aliphatic carbocycles. The number of carbonyl (C=O) groups excluding carboxylic acids is 1. The summed E-state index contributed by atoms with van der Waals surface area (Å²) in [5.74, 6) is 0.896. The van der Waals surface area contributed by atoms with Crippen LogP contribution in [0, 0.1) is 5.92 Å². The Kier molecular flexibility index (Phi) is 4.17. The van der Waals surface area contributed by atoms with E-state index in [4.69, 9.17) is 0 Å². The summed E-state index contributed by atoms with van der Waals surface area (Å²) in [7, 11) is 0. The van der Waals surface area contributed by atoms with E-state index < -0.39 is 0 Å². The van der Waals surface area contributed by atoms with Gasteiger partial charge in [0, 0.05) is 19.2 Å². The standard InChI is InChI=1S/C17H19N7O/c1-2-6-19-17(25)11-3-4-13(20-9-11)15-21-23-16(24-22-15)14-12-8-10(12)5-7-18-14/h5,7,11H,2-4,6,8-9H2,1H3,(H,19,25). The van der Waals surface area contributed by atoms with Crippen molar-refractivity contribution in [2.75, 3.05) is 13.1 Å². The summed E-state index contributed by atoms with van der Waals surface area (Å²) in [6.07, 6.45) is 5.03. The maximum Gasteiger partial charge on any atom is 0.224 e. The van der Waals surface area contributed by atoms with Crippen LogP contribution in [0.4, 0.5) is 0 Å². The Morgan fingerprint density at radius 1 is 1.24 bits per heavy atom. The number of nitrogens with zero attached hydrogens (tertiary/aromatic N) is 6. The number of hydrogen-bond acceptors (Lipinski definition) is 7. The first-order chi connectivity index (χ1) is 12.3. The topological polar surface area (TPSA) is 106 Å². The Hall–Kier alpha value is -2.77. The third-order valence-corrected chi connectivity index (χ3v) is 4.50. The molecule has 1 amide bonds. The van der Waals surface area contributed by atoms with Gasteiger partial charge < -0.3 is 5.32 Å². The summed E-state index contributed by atoms with van der Waals surface area (Å²) in [4.78, 5) is 20.8. The monoisotopic (exact) mass is 337 g/mol. The van der Waals surface area contributed by atoms with Gasteiger partial charge >= 0.3 is 0 Å². The van der Waals surface area contributed by atoms with Crippen molar-refractivity contribution in [3.8, 4) is 11.5 Å². The average molecular weight is 337 g/mol. The molecule has 1 N–H and O–H groups in total. The molecule has 1 aliphatic heterocycles. The average Bonchev–Trinajstić information content (AvgIpc) is 3.46. The normalized spacial score (nSPS) is 18.3. The molecule has 0 radical (unpaired) electrons. The van der Waals surface area contributed by atoms with Gasteiger partial charge in [-0.05, 0) is 36.5 Å². The highest BCUT2D eigenvalue weighted by molar-refractivity contribution is 5.98. The number of amides is 1. The van der Waals surface area contributed by atoms with E-state index in [0.717, 1.165) is 30.7 Å². The summed E-state index contributed by atoms with van der Waals surface area (Å²) in [5.41, 5.74) is 3.99. The van der Waals surface area contributed by atoms with Gasteiger partial charge in [0.25, 0.3) is 0 Å². The van der Waals surface area contributed by atoms with Gasteiger partial charge in [0.15, 0.2) is 0 Å². The number of nitrogens with one attached hydrogen (secondary N) is 1. The molecule has 3 heterocycles. The molecule has 25 heavy (non-hydrogen) atoms. The Morgan fingerprint density at radius 3 is 2.76 bits per heavy atom. The number of fused-ring (bicyclic) bond motifs is 1. The number of rotatable bonds is 5. The molecule has 2 aliphatic rings. The van der Waals surface area contributed by atoms with Crippen LogP contribution in [0.15, 0.2) is 17.3 Å². The fourth-order valence-corrected chi connectivity index (χ4v) is 2.94. The van der Waals surface area contributed by atoms with E-state index in [0.29, 0.717) is 31.2 Å². The highest BCUT2D eigenvalue weighted by Gasteiger charge is 2.26. The second-order valence-electron chi connectivity index (χ2n) is 6.34. The summed E-state index contributed by atoms with van der Waals surface area (Å²) in [6.45, 7) is 3.21. The lowest BCUT2D eigenvalue weighted by molar-refractivity contribution is -0.124. The molecule has 0 spiro atoms. The summed E-state index contributed by atoms with van der Waals surface area (Å²) >= 11 is 0. The fraction of sp³-hybridized carbons (Fsp3) is 0.471. The van der Waals surface area contributed by atoms with E-state index in [1.807, 2.05) is 13.0 Å². The molecule has 8 heteroatoms. The first-order valence-corrected chi connectivity index (χ1v) is 8.62. The Morgan fingerprint density at radius 2 is 2.04 bits per heavy atom. The second-order valence-corrected chi connectivity index (χ2v) is 6.34. The van der Waals surface area contributed by atoms with Crippen LogP contribution < -0.4 is 5.32 Å². The Labute approximate surface area is 145 Å². The number of aliphatic imine (C=N–C) groups is 1. The zero-order chi connectivity index (χ0) is 17.2. The van der Waals surface area contributed by atoms with Gasteiger partial charge in [-0.25, -0.2) is 0 Å². The Bertz CT molecular complexity index is 831. The van der Waals surface area contributed by atoms with Crippen LogP contribution >= 0.6 is 0 Å². The van der Waals surface area contributed by atoms with Gasteiger partial charge in [-0.1, -0.05) is 6.92 Å². The van der Waals surface area contributed by atoms with Crippen LogP contribution in [0.25, 0.3) is 11.5 Å². The predicted octanol–water partition coefficient (Wildman–Crippen LogP) is 0.958. The van der Waals surface area contributed by atoms with Crippen molar-refractivity contribution in [1.82, 2.24) is 30.7 Å². The maximum atomic E-state index is 12.0. The molecule has 0 saturated heterocycles. The lowest BCUT2D eigenvalue weighted by Crippen LogP contribution is -2.35. The first-order valence-electron chi connectivity index (χ1n) is 8.62. The van der Waals surface area contributed by atoms with Crippen LogP contribution in [0.2, 0.25) is 0 Å². The van der Waals surface area contributed by atoms with Gasteiger partial charge in [-0.2, -0.15) is 0 Å². The third kappa shape index (κ3) is 3.24. The van der Waals surface area contributed by atoms with E-state index in [2.05, 4.69) is 35.7 Å². The zero-order valence-electron chi connectivity index (χ0n) is 14.1. The van der Waals surface area contributed by atoms with Crippen molar-refractivity contribution in [3.05, 3.63) is 29.2 Å². The minimum Gasteiger partial charge on any atom is -0.356 e. The number of carbonyl (C=O) groups is 1. The summed E-state index contributed by atoms with van der Waals surface area (Å²) < 4.78 is 0. The highest BCUT2D eigenvalue weighted by Crippen LogP contribution is 2.33. The van der Waals surface area contributed by atoms with Crippen molar-refractivity contribution in [3.63, 3.8) is 0 Å². The summed E-state index contributed by atoms with van der Waals surface area (Å²) in [5, 5.41) is 19.6. The van der Waals surface area contributed by atoms with E-state index in [1.165, 1.54) is 11.1 Å². The molecular formula is C17H19N7O. The van der Waals surface area contributed by atoms with Crippen LogP contribution in [0.3, 0.4) is 0 Å². The maximum absolute atomic E-state index is 12.0. The summed E-state index contributed by atoms with van der Waals surface area (Å²) in [6, 6.07) is 2.00. The third-order valence-electron chi connectivity index (χ3n) is 4.50. The SMILES string of the molecule is CCCNC(=O)C1CCC(c2nnc(-c3nccc4c3C4)nn2)=NC1. The number of aromatic nitrogens is 5. The van der Waals surface area contributed by atoms with Crippen molar-refractivity contribution in [1.29, 1.82) is 0 Å². The van der Waals surface area contributed by atoms with Crippen molar-refractivity contribution >= 4 is 11.6 Å². The van der Waals surface area contributed by atoms with E-state index in [-0.39, 0.29) is 11.8 Å². The van der Waals surface area contributed by atoms with E-state index >= 15 is 0 Å². The molecule has 4 rings (SSSR count). The molecule has 2 aromatic heterocycles. The van der Waals surface area contributed by atoms with Crippen molar-refractivity contribution in [2.45, 2.75) is 32.6 Å². The second kappa shape index (κ2) is 6.62. The molecule has 2 aromatic rings. The van der Waals surface area contributed by atoms with E-state index in [9.17, 15) is 4.79 Å². The lowest BCUT2D eigenvalue weighted by atomic mass is 9.96. The molecule has 8 nitrogen and oxygen atoms in total. The fourth-order valence-electron chi connectivity index (χ4n) is 2.94. The van der Waals surface area contributed by atoms with Gasteiger partial charge in [0.05, 0.1) is 18.2 Å². The number of hydrogen-bond donors (Lipinski definition) is 1. The molecular weight excluding hydrogens is 318 g/mol. The van der Waals surface area contributed by atoms with Crippen LogP contribution in [0.5, 0.6) is 0 Å².